The van der Waals surface area contributed by atoms with Gasteiger partial charge in [0.05, 0.1) is 5.60 Å². The van der Waals surface area contributed by atoms with Gasteiger partial charge in [0, 0.05) is 19.2 Å². The molecule has 0 spiro atoms. The van der Waals surface area contributed by atoms with Crippen molar-refractivity contribution in [3.05, 3.63) is 0 Å². The number of hydrogen-bond donors (Lipinski definition) is 1. The quantitative estimate of drug-likeness (QED) is 0.750. The Balaban J connectivity index is 1.83. The molecule has 94 valence electrons. The highest BCUT2D eigenvalue weighted by atomic mass is 16.5. The van der Waals surface area contributed by atoms with E-state index in [2.05, 4.69) is 19.2 Å². The highest BCUT2D eigenvalue weighted by Gasteiger charge is 2.36. The smallest absolute Gasteiger partial charge is 0.0806 e. The van der Waals surface area contributed by atoms with Crippen LogP contribution in [0.5, 0.6) is 0 Å². The van der Waals surface area contributed by atoms with Gasteiger partial charge in [0.1, 0.15) is 0 Å². The second-order valence-corrected chi connectivity index (χ2v) is 5.87. The third-order valence-corrected chi connectivity index (χ3v) is 4.09. The van der Waals surface area contributed by atoms with Crippen LogP contribution in [0.4, 0.5) is 0 Å². The number of hydrogen-bond acceptors (Lipinski definition) is 2. The van der Waals surface area contributed by atoms with E-state index in [-0.39, 0.29) is 5.60 Å². The molecule has 2 rings (SSSR count). The Hall–Kier alpha value is -0.0800. The third kappa shape index (κ3) is 3.46. The van der Waals surface area contributed by atoms with E-state index < -0.39 is 0 Å². The fourth-order valence-corrected chi connectivity index (χ4v) is 2.60. The van der Waals surface area contributed by atoms with Gasteiger partial charge in [-0.3, -0.25) is 0 Å². The average Bonchev–Trinajstić information content (AvgIpc) is 3.11. The molecule has 0 aliphatic heterocycles. The molecule has 0 saturated heterocycles. The second kappa shape index (κ2) is 5.50. The van der Waals surface area contributed by atoms with Crippen LogP contribution in [0.1, 0.15) is 58.8 Å². The summed E-state index contributed by atoms with van der Waals surface area (Å²) < 4.78 is 6.18. The summed E-state index contributed by atoms with van der Waals surface area (Å²) in [4.78, 5) is 0. The SMILES string of the molecule is CCCOC1(CNC2CC2)CCC(C)CC1. The Morgan fingerprint density at radius 1 is 1.19 bits per heavy atom. The van der Waals surface area contributed by atoms with E-state index in [0.29, 0.717) is 0 Å². The zero-order valence-electron chi connectivity index (χ0n) is 10.9. The van der Waals surface area contributed by atoms with Crippen molar-refractivity contribution in [2.24, 2.45) is 5.92 Å². The van der Waals surface area contributed by atoms with E-state index in [0.717, 1.165) is 31.5 Å². The highest BCUT2D eigenvalue weighted by molar-refractivity contribution is 4.92. The first-order chi connectivity index (χ1) is 7.74. The summed E-state index contributed by atoms with van der Waals surface area (Å²) in [6.45, 7) is 6.59. The van der Waals surface area contributed by atoms with Gasteiger partial charge in [-0.25, -0.2) is 0 Å². The summed E-state index contributed by atoms with van der Waals surface area (Å²) in [6, 6.07) is 0.807. The predicted molar refractivity (Wildman–Crippen MR) is 67.6 cm³/mol. The fraction of sp³-hybridized carbons (Fsp3) is 1.00. The molecule has 2 aliphatic carbocycles. The Kier molecular flexibility index (Phi) is 4.26. The first-order valence-corrected chi connectivity index (χ1v) is 7.11. The molecule has 2 aliphatic rings. The molecule has 2 saturated carbocycles. The summed E-state index contributed by atoms with van der Waals surface area (Å²) in [5.74, 6) is 0.902. The van der Waals surface area contributed by atoms with Gasteiger partial charge in [-0.15, -0.1) is 0 Å². The van der Waals surface area contributed by atoms with E-state index in [9.17, 15) is 0 Å². The number of ether oxygens (including phenoxy) is 1. The molecule has 0 atom stereocenters. The lowest BCUT2D eigenvalue weighted by Crippen LogP contribution is -2.46. The van der Waals surface area contributed by atoms with Gasteiger partial charge in [0.2, 0.25) is 0 Å². The zero-order valence-corrected chi connectivity index (χ0v) is 10.9. The minimum atomic E-state index is 0.172. The van der Waals surface area contributed by atoms with E-state index >= 15 is 0 Å². The molecular formula is C14H27NO. The lowest BCUT2D eigenvalue weighted by molar-refractivity contribution is -0.0751. The number of nitrogens with one attached hydrogen (secondary N) is 1. The molecule has 2 nitrogen and oxygen atoms in total. The van der Waals surface area contributed by atoms with Crippen molar-refractivity contribution in [3.8, 4) is 0 Å². The lowest BCUT2D eigenvalue weighted by atomic mass is 9.79. The van der Waals surface area contributed by atoms with Crippen molar-refractivity contribution in [3.63, 3.8) is 0 Å². The molecule has 1 N–H and O–H groups in total. The fourth-order valence-electron chi connectivity index (χ4n) is 2.60. The van der Waals surface area contributed by atoms with Crippen LogP contribution in [-0.4, -0.2) is 24.8 Å². The topological polar surface area (TPSA) is 21.3 Å². The molecule has 0 aromatic rings. The Morgan fingerprint density at radius 2 is 1.88 bits per heavy atom. The average molecular weight is 225 g/mol. The Bertz CT molecular complexity index is 199. The molecule has 0 radical (unpaired) electrons. The summed E-state index contributed by atoms with van der Waals surface area (Å²) in [7, 11) is 0. The largest absolute Gasteiger partial charge is 0.374 e. The van der Waals surface area contributed by atoms with E-state index in [1.54, 1.807) is 0 Å². The minimum Gasteiger partial charge on any atom is -0.374 e. The van der Waals surface area contributed by atoms with Crippen molar-refractivity contribution in [2.45, 2.75) is 70.4 Å². The molecule has 0 aromatic heterocycles. The van der Waals surface area contributed by atoms with Crippen LogP contribution in [0.25, 0.3) is 0 Å². The summed E-state index contributed by atoms with van der Waals surface area (Å²) >= 11 is 0. The summed E-state index contributed by atoms with van der Waals surface area (Å²) in [6.07, 6.45) is 9.09. The van der Waals surface area contributed by atoms with Crippen LogP contribution in [0, 0.1) is 5.92 Å². The lowest BCUT2D eigenvalue weighted by Gasteiger charge is -2.39. The third-order valence-electron chi connectivity index (χ3n) is 4.09. The van der Waals surface area contributed by atoms with Gasteiger partial charge < -0.3 is 10.1 Å². The van der Waals surface area contributed by atoms with E-state index in [1.165, 1.54) is 38.5 Å². The van der Waals surface area contributed by atoms with Gasteiger partial charge in [-0.1, -0.05) is 13.8 Å². The second-order valence-electron chi connectivity index (χ2n) is 5.87. The molecule has 16 heavy (non-hydrogen) atoms. The molecule has 0 unspecified atom stereocenters. The molecular weight excluding hydrogens is 198 g/mol. The maximum Gasteiger partial charge on any atom is 0.0806 e. The van der Waals surface area contributed by atoms with Gasteiger partial charge in [0.25, 0.3) is 0 Å². The first kappa shape index (κ1) is 12.4. The van der Waals surface area contributed by atoms with Crippen molar-refractivity contribution in [2.75, 3.05) is 13.2 Å². The summed E-state index contributed by atoms with van der Waals surface area (Å²) in [5, 5.41) is 3.67. The molecule has 2 fully saturated rings. The van der Waals surface area contributed by atoms with E-state index in [1.807, 2.05) is 0 Å². The van der Waals surface area contributed by atoms with Crippen LogP contribution in [0.15, 0.2) is 0 Å². The van der Waals surface area contributed by atoms with Crippen LogP contribution >= 0.6 is 0 Å². The van der Waals surface area contributed by atoms with Crippen molar-refractivity contribution in [1.29, 1.82) is 0 Å². The molecule has 2 heteroatoms. The number of rotatable bonds is 6. The van der Waals surface area contributed by atoms with Gasteiger partial charge in [-0.05, 0) is 50.9 Å². The van der Waals surface area contributed by atoms with Gasteiger partial charge in [-0.2, -0.15) is 0 Å². The van der Waals surface area contributed by atoms with Crippen LogP contribution in [0.3, 0.4) is 0 Å². The zero-order chi connectivity index (χ0) is 11.4. The van der Waals surface area contributed by atoms with Crippen molar-refractivity contribution in [1.82, 2.24) is 5.32 Å². The van der Waals surface area contributed by atoms with Crippen molar-refractivity contribution < 1.29 is 4.74 Å². The predicted octanol–water partition coefficient (Wildman–Crippen LogP) is 3.11. The summed E-state index contributed by atoms with van der Waals surface area (Å²) in [5.41, 5.74) is 0.172. The van der Waals surface area contributed by atoms with Gasteiger partial charge >= 0.3 is 0 Å². The Labute approximate surface area is 100 Å². The molecule has 0 amide bonds. The van der Waals surface area contributed by atoms with Crippen molar-refractivity contribution >= 4 is 0 Å². The monoisotopic (exact) mass is 225 g/mol. The standard InChI is InChI=1S/C14H27NO/c1-3-10-16-14(11-15-13-4-5-13)8-6-12(2)7-9-14/h12-13,15H,3-11H2,1-2H3. The normalized spacial score (nSPS) is 35.2. The maximum absolute atomic E-state index is 6.18. The molecule has 0 heterocycles. The maximum atomic E-state index is 6.18. The van der Waals surface area contributed by atoms with Crippen LogP contribution < -0.4 is 5.32 Å². The van der Waals surface area contributed by atoms with E-state index in [4.69, 9.17) is 4.74 Å². The molecule has 0 bridgehead atoms. The Morgan fingerprint density at radius 3 is 2.44 bits per heavy atom. The van der Waals surface area contributed by atoms with Crippen LogP contribution in [-0.2, 0) is 4.74 Å². The molecule has 0 aromatic carbocycles. The highest BCUT2D eigenvalue weighted by Crippen LogP contribution is 2.35. The minimum absolute atomic E-state index is 0.172. The van der Waals surface area contributed by atoms with Crippen LogP contribution in [0.2, 0.25) is 0 Å². The first-order valence-electron chi connectivity index (χ1n) is 7.11. The van der Waals surface area contributed by atoms with Gasteiger partial charge in [0.15, 0.2) is 0 Å².